The summed E-state index contributed by atoms with van der Waals surface area (Å²) < 4.78 is 17.3. The lowest BCUT2D eigenvalue weighted by atomic mass is 9.95. The van der Waals surface area contributed by atoms with Crippen LogP contribution in [0.2, 0.25) is 10.0 Å². The Bertz CT molecular complexity index is 1670. The van der Waals surface area contributed by atoms with Gasteiger partial charge in [0.15, 0.2) is 16.6 Å². The normalized spacial score (nSPS) is 18.3. The lowest BCUT2D eigenvalue weighted by Crippen LogP contribution is -2.29. The predicted molar refractivity (Wildman–Crippen MR) is 145 cm³/mol. The summed E-state index contributed by atoms with van der Waals surface area (Å²) in [6, 6.07) is 14.0. The van der Waals surface area contributed by atoms with Crippen LogP contribution < -0.4 is 19.1 Å². The number of anilines is 1. The van der Waals surface area contributed by atoms with Crippen LogP contribution in [-0.4, -0.2) is 42.1 Å². The third-order valence-corrected chi connectivity index (χ3v) is 8.07. The summed E-state index contributed by atoms with van der Waals surface area (Å²) in [5.74, 6) is -0.451. The van der Waals surface area contributed by atoms with Gasteiger partial charge in [-0.3, -0.25) is 14.5 Å². The summed E-state index contributed by atoms with van der Waals surface area (Å²) in [4.78, 5) is 32.9. The number of ether oxygens (including phenoxy) is 3. The topological polar surface area (TPSA) is 98.2 Å². The molecule has 11 heteroatoms. The van der Waals surface area contributed by atoms with E-state index in [1.165, 1.54) is 16.2 Å². The van der Waals surface area contributed by atoms with Crippen LogP contribution >= 0.6 is 34.5 Å². The van der Waals surface area contributed by atoms with Crippen molar-refractivity contribution in [3.8, 4) is 17.2 Å². The number of hydrogen-bond acceptors (Lipinski definition) is 8. The molecule has 0 aliphatic carbocycles. The molecular formula is C27H18Cl2N2O6S. The van der Waals surface area contributed by atoms with Crippen LogP contribution in [0.1, 0.15) is 17.2 Å². The molecule has 0 bridgehead atoms. The van der Waals surface area contributed by atoms with Crippen LogP contribution in [-0.2, 0) is 9.59 Å². The maximum absolute atomic E-state index is 13.5. The molecule has 1 fully saturated rings. The number of aromatic nitrogens is 1. The summed E-state index contributed by atoms with van der Waals surface area (Å²) in [6.07, 6.45) is 0. The van der Waals surface area contributed by atoms with Gasteiger partial charge in [0, 0.05) is 5.56 Å². The number of benzene rings is 3. The number of fused-ring (bicyclic) bond motifs is 2. The molecule has 1 amide bonds. The molecule has 4 aromatic rings. The quantitative estimate of drug-likeness (QED) is 0.183. The average molecular weight is 569 g/mol. The number of amides is 1. The van der Waals surface area contributed by atoms with Gasteiger partial charge in [0.1, 0.15) is 24.7 Å². The van der Waals surface area contributed by atoms with Gasteiger partial charge in [-0.1, -0.05) is 40.6 Å². The number of ketones is 1. The Balaban J connectivity index is 1.54. The molecular weight excluding hydrogens is 551 g/mol. The number of halogens is 2. The standard InChI is InChI=1S/C27H18Cl2N2O6S/c1-35-15-4-6-18-21(12-15)38-27(30-18)31-23(13-2-5-16(28)17(29)10-13)22(25(33)26(31)34)24(32)14-3-7-19-20(11-14)37-9-8-36-19/h2-7,10-12,23,32H,8-9H2,1H3/t23-/m0/s1. The number of aliphatic hydroxyl groups excluding tert-OH is 1. The molecule has 3 heterocycles. The minimum absolute atomic E-state index is 0.109. The first-order valence-electron chi connectivity index (χ1n) is 11.5. The van der Waals surface area contributed by atoms with Crippen molar-refractivity contribution in [1.82, 2.24) is 4.98 Å². The van der Waals surface area contributed by atoms with Gasteiger partial charge in [0.05, 0.1) is 39.0 Å². The molecule has 3 aromatic carbocycles. The van der Waals surface area contributed by atoms with Crippen LogP contribution in [0.25, 0.3) is 16.0 Å². The first-order chi connectivity index (χ1) is 18.4. The molecule has 1 aromatic heterocycles. The summed E-state index contributed by atoms with van der Waals surface area (Å²) in [5.41, 5.74) is 1.30. The third kappa shape index (κ3) is 4.03. The fraction of sp³-hybridized carbons (Fsp3) is 0.148. The number of thiazole rings is 1. The van der Waals surface area contributed by atoms with Crippen molar-refractivity contribution in [1.29, 1.82) is 0 Å². The molecule has 1 atom stereocenters. The van der Waals surface area contributed by atoms with Crippen molar-refractivity contribution in [2.75, 3.05) is 25.2 Å². The van der Waals surface area contributed by atoms with Gasteiger partial charge in [-0.05, 0) is 54.1 Å². The van der Waals surface area contributed by atoms with Crippen LogP contribution in [0.15, 0.2) is 60.2 Å². The van der Waals surface area contributed by atoms with Gasteiger partial charge in [-0.25, -0.2) is 4.98 Å². The van der Waals surface area contributed by atoms with Gasteiger partial charge in [0.25, 0.3) is 5.78 Å². The van der Waals surface area contributed by atoms with Gasteiger partial charge >= 0.3 is 5.91 Å². The van der Waals surface area contributed by atoms with E-state index in [9.17, 15) is 14.7 Å². The summed E-state index contributed by atoms with van der Waals surface area (Å²) in [5, 5.41) is 12.3. The molecule has 1 saturated heterocycles. The minimum Gasteiger partial charge on any atom is -0.507 e. The molecule has 0 unspecified atom stereocenters. The van der Waals surface area contributed by atoms with Crippen LogP contribution in [0.3, 0.4) is 0 Å². The number of carbonyl (C=O) groups excluding carboxylic acids is 2. The Labute approximate surface area is 230 Å². The molecule has 38 heavy (non-hydrogen) atoms. The van der Waals surface area contributed by atoms with E-state index in [4.69, 9.17) is 37.4 Å². The monoisotopic (exact) mass is 568 g/mol. The van der Waals surface area contributed by atoms with E-state index in [1.54, 1.807) is 61.7 Å². The highest BCUT2D eigenvalue weighted by atomic mass is 35.5. The summed E-state index contributed by atoms with van der Waals surface area (Å²) in [6.45, 7) is 0.766. The number of methoxy groups -OCH3 is 1. The van der Waals surface area contributed by atoms with E-state index in [1.807, 2.05) is 0 Å². The predicted octanol–water partition coefficient (Wildman–Crippen LogP) is 6.01. The lowest BCUT2D eigenvalue weighted by molar-refractivity contribution is -0.132. The Morgan fingerprint density at radius 1 is 1.03 bits per heavy atom. The van der Waals surface area contributed by atoms with E-state index in [-0.39, 0.29) is 21.5 Å². The highest BCUT2D eigenvalue weighted by Gasteiger charge is 2.48. The molecule has 2 aliphatic rings. The number of aliphatic hydroxyl groups is 1. The number of rotatable bonds is 4. The van der Waals surface area contributed by atoms with Gasteiger partial charge in [0.2, 0.25) is 0 Å². The highest BCUT2D eigenvalue weighted by molar-refractivity contribution is 7.22. The second-order valence-electron chi connectivity index (χ2n) is 8.53. The average Bonchev–Trinajstić information content (AvgIpc) is 3.47. The van der Waals surface area contributed by atoms with Crippen molar-refractivity contribution < 1.29 is 28.9 Å². The maximum Gasteiger partial charge on any atom is 0.301 e. The van der Waals surface area contributed by atoms with Crippen molar-refractivity contribution in [2.45, 2.75) is 6.04 Å². The molecule has 1 N–H and O–H groups in total. The fourth-order valence-corrected chi connectivity index (χ4v) is 5.82. The van der Waals surface area contributed by atoms with Crippen LogP contribution in [0.4, 0.5) is 5.13 Å². The fourth-order valence-electron chi connectivity index (χ4n) is 4.50. The molecule has 0 spiro atoms. The van der Waals surface area contributed by atoms with E-state index >= 15 is 0 Å². The zero-order chi connectivity index (χ0) is 26.6. The van der Waals surface area contributed by atoms with Crippen molar-refractivity contribution >= 4 is 67.3 Å². The van der Waals surface area contributed by atoms with Crippen molar-refractivity contribution in [3.63, 3.8) is 0 Å². The van der Waals surface area contributed by atoms with Crippen molar-refractivity contribution in [2.24, 2.45) is 0 Å². The first kappa shape index (κ1) is 24.5. The Kier molecular flexibility index (Phi) is 6.14. The Morgan fingerprint density at radius 2 is 1.82 bits per heavy atom. The molecule has 0 radical (unpaired) electrons. The third-order valence-electron chi connectivity index (χ3n) is 6.31. The summed E-state index contributed by atoms with van der Waals surface area (Å²) in [7, 11) is 1.56. The number of Topliss-reactive ketones (excluding diaryl/α,β-unsaturated/α-hetero) is 1. The lowest BCUT2D eigenvalue weighted by Gasteiger charge is -2.23. The molecule has 192 valence electrons. The van der Waals surface area contributed by atoms with Gasteiger partial charge < -0.3 is 19.3 Å². The molecule has 0 saturated carbocycles. The van der Waals surface area contributed by atoms with E-state index < -0.39 is 17.7 Å². The minimum atomic E-state index is -1.01. The number of carbonyl (C=O) groups is 2. The van der Waals surface area contributed by atoms with E-state index in [0.29, 0.717) is 52.1 Å². The largest absolute Gasteiger partial charge is 0.507 e. The van der Waals surface area contributed by atoms with E-state index in [0.717, 1.165) is 4.70 Å². The first-order valence-corrected chi connectivity index (χ1v) is 13.0. The van der Waals surface area contributed by atoms with Gasteiger partial charge in [-0.2, -0.15) is 0 Å². The second kappa shape index (κ2) is 9.50. The molecule has 2 aliphatic heterocycles. The second-order valence-corrected chi connectivity index (χ2v) is 10.4. The zero-order valence-corrected chi connectivity index (χ0v) is 22.1. The SMILES string of the molecule is COc1ccc2nc(N3C(=O)C(=O)C(=C(O)c4ccc5c(c4)OCCO5)[C@@H]3c3ccc(Cl)c(Cl)c3)sc2c1. The smallest absolute Gasteiger partial charge is 0.301 e. The van der Waals surface area contributed by atoms with Crippen LogP contribution in [0, 0.1) is 0 Å². The maximum atomic E-state index is 13.5. The van der Waals surface area contributed by atoms with Gasteiger partial charge in [-0.15, -0.1) is 0 Å². The molecule has 8 nitrogen and oxygen atoms in total. The highest BCUT2D eigenvalue weighted by Crippen LogP contribution is 2.46. The van der Waals surface area contributed by atoms with Crippen molar-refractivity contribution in [3.05, 3.63) is 81.3 Å². The van der Waals surface area contributed by atoms with E-state index in [2.05, 4.69) is 4.98 Å². The summed E-state index contributed by atoms with van der Waals surface area (Å²) >= 11 is 13.7. The number of hydrogen-bond donors (Lipinski definition) is 1. The zero-order valence-electron chi connectivity index (χ0n) is 19.7. The Hall–Kier alpha value is -3.79. The molecule has 6 rings (SSSR count). The number of nitrogens with zero attached hydrogens (tertiary/aromatic N) is 2. The van der Waals surface area contributed by atoms with Crippen LogP contribution in [0.5, 0.6) is 17.2 Å². The Morgan fingerprint density at radius 3 is 2.58 bits per heavy atom.